The van der Waals surface area contributed by atoms with Gasteiger partial charge in [0.25, 0.3) is 5.91 Å². The lowest BCUT2D eigenvalue weighted by Gasteiger charge is -2.15. The Morgan fingerprint density at radius 2 is 2.07 bits per heavy atom. The molecule has 5 heteroatoms. The summed E-state index contributed by atoms with van der Waals surface area (Å²) < 4.78 is 10.9. The summed E-state index contributed by atoms with van der Waals surface area (Å²) in [5.41, 5.74) is 3.23. The molecule has 2 aromatic carbocycles. The van der Waals surface area contributed by atoms with Crippen LogP contribution in [0.25, 0.3) is 11.6 Å². The minimum Gasteiger partial charge on any atom is -0.493 e. The number of carbonyl (C=O) groups is 1. The van der Waals surface area contributed by atoms with Crippen molar-refractivity contribution in [1.82, 2.24) is 0 Å². The lowest BCUT2D eigenvalue weighted by Crippen LogP contribution is -2.26. The molecule has 27 heavy (non-hydrogen) atoms. The van der Waals surface area contributed by atoms with Gasteiger partial charge < -0.3 is 14.4 Å². The van der Waals surface area contributed by atoms with Gasteiger partial charge in [-0.1, -0.05) is 42.6 Å². The van der Waals surface area contributed by atoms with Crippen molar-refractivity contribution in [2.75, 3.05) is 25.2 Å². The maximum Gasteiger partial charge on any atom is 0.258 e. The Morgan fingerprint density at radius 3 is 2.78 bits per heavy atom. The fraction of sp³-hybridized carbons (Fsp3) is 0.227. The maximum atomic E-state index is 13.0. The SMILES string of the molecule is C#CCOc1c(Cl)cc(/C=C2\C(=O)N(CCC)c3ccccc32)cc1OC. The molecule has 0 bridgehead atoms. The average molecular weight is 382 g/mol. The molecule has 1 amide bonds. The first-order chi connectivity index (χ1) is 13.1. The highest BCUT2D eigenvalue weighted by Crippen LogP contribution is 2.40. The Labute approximate surface area is 164 Å². The van der Waals surface area contributed by atoms with Crippen molar-refractivity contribution < 1.29 is 14.3 Å². The standard InChI is InChI=1S/C22H20ClNO3/c1-4-10-24-19-9-7-6-8-16(19)17(22(24)25)12-15-13-18(23)21(27-11-5-2)20(14-15)26-3/h2,6-9,12-14H,4,10-11H2,1,3H3/b17-12-. The van der Waals surface area contributed by atoms with Gasteiger partial charge >= 0.3 is 0 Å². The van der Waals surface area contributed by atoms with Gasteiger partial charge in [-0.05, 0) is 36.3 Å². The van der Waals surface area contributed by atoms with Crippen LogP contribution in [-0.4, -0.2) is 26.2 Å². The minimum atomic E-state index is -0.0132. The van der Waals surface area contributed by atoms with E-state index in [4.69, 9.17) is 27.5 Å². The number of hydrogen-bond donors (Lipinski definition) is 0. The molecule has 0 saturated carbocycles. The lowest BCUT2D eigenvalue weighted by atomic mass is 10.0. The zero-order chi connectivity index (χ0) is 19.4. The first-order valence-corrected chi connectivity index (χ1v) is 9.05. The van der Waals surface area contributed by atoms with Crippen LogP contribution in [0.5, 0.6) is 11.5 Å². The molecule has 4 nitrogen and oxygen atoms in total. The number of fused-ring (bicyclic) bond motifs is 1. The number of amides is 1. The third kappa shape index (κ3) is 3.65. The normalized spacial score (nSPS) is 14.2. The summed E-state index contributed by atoms with van der Waals surface area (Å²) in [6.45, 7) is 2.82. The number of nitrogens with zero attached hydrogens (tertiary/aromatic N) is 1. The van der Waals surface area contributed by atoms with Crippen molar-refractivity contribution in [3.8, 4) is 23.8 Å². The van der Waals surface area contributed by atoms with E-state index in [1.165, 1.54) is 7.11 Å². The van der Waals surface area contributed by atoms with E-state index >= 15 is 0 Å². The second-order valence-corrected chi connectivity index (χ2v) is 6.47. The van der Waals surface area contributed by atoms with Crippen LogP contribution in [0.1, 0.15) is 24.5 Å². The summed E-state index contributed by atoms with van der Waals surface area (Å²) in [7, 11) is 1.53. The molecule has 0 N–H and O–H groups in total. The van der Waals surface area contributed by atoms with E-state index < -0.39 is 0 Å². The van der Waals surface area contributed by atoms with Crippen molar-refractivity contribution in [3.05, 3.63) is 52.5 Å². The summed E-state index contributed by atoms with van der Waals surface area (Å²) in [6, 6.07) is 11.3. The number of halogens is 1. The summed E-state index contributed by atoms with van der Waals surface area (Å²) in [6.07, 6.45) is 7.96. The Kier molecular flexibility index (Phi) is 5.73. The molecule has 1 heterocycles. The lowest BCUT2D eigenvalue weighted by molar-refractivity contribution is -0.113. The topological polar surface area (TPSA) is 38.8 Å². The van der Waals surface area contributed by atoms with Crippen molar-refractivity contribution in [2.45, 2.75) is 13.3 Å². The van der Waals surface area contributed by atoms with Crippen molar-refractivity contribution >= 4 is 34.8 Å². The molecule has 0 spiro atoms. The molecule has 0 fully saturated rings. The van der Waals surface area contributed by atoms with Crippen LogP contribution in [0, 0.1) is 12.3 Å². The van der Waals surface area contributed by atoms with E-state index in [0.29, 0.717) is 28.6 Å². The number of hydrogen-bond acceptors (Lipinski definition) is 3. The maximum absolute atomic E-state index is 13.0. The number of rotatable bonds is 6. The quantitative estimate of drug-likeness (QED) is 0.539. The van der Waals surface area contributed by atoms with E-state index in [1.54, 1.807) is 12.1 Å². The average Bonchev–Trinajstić information content (AvgIpc) is 2.93. The Morgan fingerprint density at radius 1 is 1.30 bits per heavy atom. The molecule has 1 aliphatic heterocycles. The van der Waals surface area contributed by atoms with E-state index in [2.05, 4.69) is 12.8 Å². The molecule has 0 saturated heterocycles. The molecule has 2 aromatic rings. The van der Waals surface area contributed by atoms with Gasteiger partial charge in [-0.25, -0.2) is 0 Å². The number of para-hydroxylation sites is 1. The van der Waals surface area contributed by atoms with E-state index in [9.17, 15) is 4.79 Å². The van der Waals surface area contributed by atoms with Gasteiger partial charge in [-0.2, -0.15) is 0 Å². The Hall–Kier alpha value is -2.90. The fourth-order valence-corrected chi connectivity index (χ4v) is 3.41. The van der Waals surface area contributed by atoms with E-state index in [-0.39, 0.29) is 12.5 Å². The molecule has 0 aliphatic carbocycles. The zero-order valence-electron chi connectivity index (χ0n) is 15.3. The zero-order valence-corrected chi connectivity index (χ0v) is 16.0. The van der Waals surface area contributed by atoms with Gasteiger partial charge in [0, 0.05) is 17.7 Å². The largest absolute Gasteiger partial charge is 0.493 e. The number of ether oxygens (including phenoxy) is 2. The number of terminal acetylenes is 1. The molecule has 0 aromatic heterocycles. The fourth-order valence-electron chi connectivity index (χ4n) is 3.14. The van der Waals surface area contributed by atoms with Crippen molar-refractivity contribution in [2.24, 2.45) is 0 Å². The summed E-state index contributed by atoms with van der Waals surface area (Å²) in [5, 5.41) is 0.376. The highest BCUT2D eigenvalue weighted by Gasteiger charge is 2.31. The molecule has 138 valence electrons. The molecule has 0 atom stereocenters. The highest BCUT2D eigenvalue weighted by atomic mass is 35.5. The van der Waals surface area contributed by atoms with Gasteiger partial charge in [0.2, 0.25) is 0 Å². The Balaban J connectivity index is 2.05. The molecule has 0 radical (unpaired) electrons. The number of benzene rings is 2. The summed E-state index contributed by atoms with van der Waals surface area (Å²) >= 11 is 6.35. The number of methoxy groups -OCH3 is 1. The first-order valence-electron chi connectivity index (χ1n) is 8.67. The molecule has 1 aliphatic rings. The number of carbonyl (C=O) groups excluding carboxylic acids is 1. The van der Waals surface area contributed by atoms with Crippen LogP contribution in [0.3, 0.4) is 0 Å². The predicted octanol–water partition coefficient (Wildman–Crippen LogP) is 4.66. The monoisotopic (exact) mass is 381 g/mol. The molecular formula is C22H20ClNO3. The van der Waals surface area contributed by atoms with Crippen molar-refractivity contribution in [3.63, 3.8) is 0 Å². The van der Waals surface area contributed by atoms with Crippen LogP contribution in [0.2, 0.25) is 5.02 Å². The van der Waals surface area contributed by atoms with Gasteiger partial charge in [0.15, 0.2) is 11.5 Å². The van der Waals surface area contributed by atoms with Gasteiger partial charge in [0.05, 0.1) is 17.8 Å². The summed E-state index contributed by atoms with van der Waals surface area (Å²) in [5.74, 6) is 3.25. The minimum absolute atomic E-state index is 0.0132. The van der Waals surface area contributed by atoms with E-state index in [0.717, 1.165) is 23.2 Å². The van der Waals surface area contributed by atoms with Crippen LogP contribution in [0.4, 0.5) is 5.69 Å². The van der Waals surface area contributed by atoms with Gasteiger partial charge in [-0.3, -0.25) is 4.79 Å². The predicted molar refractivity (Wildman–Crippen MR) is 109 cm³/mol. The number of anilines is 1. The second kappa shape index (κ2) is 8.20. The van der Waals surface area contributed by atoms with Gasteiger partial charge in [-0.15, -0.1) is 6.42 Å². The van der Waals surface area contributed by atoms with Crippen LogP contribution in [0.15, 0.2) is 36.4 Å². The first kappa shape index (κ1) is 18.9. The summed E-state index contributed by atoms with van der Waals surface area (Å²) in [4.78, 5) is 14.8. The smallest absolute Gasteiger partial charge is 0.258 e. The van der Waals surface area contributed by atoms with Crippen LogP contribution >= 0.6 is 11.6 Å². The third-order valence-electron chi connectivity index (χ3n) is 4.27. The third-order valence-corrected chi connectivity index (χ3v) is 4.55. The molecule has 0 unspecified atom stereocenters. The van der Waals surface area contributed by atoms with Gasteiger partial charge in [0.1, 0.15) is 6.61 Å². The highest BCUT2D eigenvalue weighted by molar-refractivity contribution is 6.36. The van der Waals surface area contributed by atoms with Crippen LogP contribution < -0.4 is 14.4 Å². The second-order valence-electron chi connectivity index (χ2n) is 6.06. The molecule has 3 rings (SSSR count). The Bertz CT molecular complexity index is 943. The molecular weight excluding hydrogens is 362 g/mol. The van der Waals surface area contributed by atoms with E-state index in [1.807, 2.05) is 35.2 Å². The van der Waals surface area contributed by atoms with Crippen LogP contribution in [-0.2, 0) is 4.79 Å². The van der Waals surface area contributed by atoms with Crippen molar-refractivity contribution in [1.29, 1.82) is 0 Å².